The summed E-state index contributed by atoms with van der Waals surface area (Å²) in [6.07, 6.45) is 0. The van der Waals surface area contributed by atoms with Crippen LogP contribution in [0.4, 0.5) is 5.82 Å². The van der Waals surface area contributed by atoms with Gasteiger partial charge in [-0.1, -0.05) is 37.3 Å². The predicted molar refractivity (Wildman–Crippen MR) is 82.8 cm³/mol. The Morgan fingerprint density at radius 1 is 1.20 bits per heavy atom. The maximum Gasteiger partial charge on any atom is 0.142 e. The van der Waals surface area contributed by atoms with Gasteiger partial charge in [0.25, 0.3) is 0 Å². The van der Waals surface area contributed by atoms with Crippen LogP contribution in [0.25, 0.3) is 11.4 Å². The van der Waals surface area contributed by atoms with E-state index in [0.29, 0.717) is 6.61 Å². The maximum absolute atomic E-state index is 6.32. The second-order valence-corrected chi connectivity index (χ2v) is 5.39. The summed E-state index contributed by atoms with van der Waals surface area (Å²) in [6.45, 7) is 6.94. The molecular weight excluding hydrogens is 250 g/mol. The Morgan fingerprint density at radius 2 is 1.85 bits per heavy atom. The minimum Gasteiger partial charge on any atom is -0.384 e. The first kappa shape index (κ1) is 14.6. The fourth-order valence-corrected chi connectivity index (χ4v) is 2.47. The van der Waals surface area contributed by atoms with Crippen LogP contribution in [-0.2, 0) is 4.74 Å². The largest absolute Gasteiger partial charge is 0.384 e. The standard InChI is InChI=1S/C16H23N3O/c1-11(2)19-15(17)14(12(3)10-20-4)18-16(19)13-8-6-5-7-9-13/h5-9,11-12H,10,17H2,1-4H3. The molecule has 4 nitrogen and oxygen atoms in total. The normalized spacial score (nSPS) is 12.8. The van der Waals surface area contributed by atoms with Gasteiger partial charge in [-0.3, -0.25) is 0 Å². The second-order valence-electron chi connectivity index (χ2n) is 5.39. The molecule has 2 aromatic rings. The molecule has 0 saturated heterocycles. The monoisotopic (exact) mass is 273 g/mol. The minimum absolute atomic E-state index is 0.183. The Kier molecular flexibility index (Phi) is 4.45. The lowest BCUT2D eigenvalue weighted by Crippen LogP contribution is -2.09. The molecule has 2 N–H and O–H groups in total. The topological polar surface area (TPSA) is 53.1 Å². The second kappa shape index (κ2) is 6.09. The lowest BCUT2D eigenvalue weighted by Gasteiger charge is -2.14. The molecule has 0 bridgehead atoms. The lowest BCUT2D eigenvalue weighted by atomic mass is 10.1. The van der Waals surface area contributed by atoms with Crippen LogP contribution in [0, 0.1) is 0 Å². The summed E-state index contributed by atoms with van der Waals surface area (Å²) in [5, 5.41) is 0. The lowest BCUT2D eigenvalue weighted by molar-refractivity contribution is 0.183. The van der Waals surface area contributed by atoms with Crippen molar-refractivity contribution in [2.75, 3.05) is 19.5 Å². The van der Waals surface area contributed by atoms with E-state index >= 15 is 0 Å². The molecule has 0 aliphatic heterocycles. The van der Waals surface area contributed by atoms with Crippen molar-refractivity contribution >= 4 is 5.82 Å². The zero-order valence-electron chi connectivity index (χ0n) is 12.6. The molecule has 1 atom stereocenters. The third kappa shape index (κ3) is 2.70. The number of nitrogen functional groups attached to an aromatic ring is 1. The molecule has 0 aliphatic rings. The minimum atomic E-state index is 0.183. The molecule has 2 rings (SSSR count). The number of imidazole rings is 1. The van der Waals surface area contributed by atoms with E-state index in [2.05, 4.69) is 37.5 Å². The summed E-state index contributed by atoms with van der Waals surface area (Å²) < 4.78 is 7.32. The number of rotatable bonds is 5. The van der Waals surface area contributed by atoms with E-state index in [0.717, 1.165) is 22.9 Å². The van der Waals surface area contributed by atoms with Gasteiger partial charge in [0.15, 0.2) is 0 Å². The Hall–Kier alpha value is -1.81. The summed E-state index contributed by atoms with van der Waals surface area (Å²) in [6, 6.07) is 10.4. The number of benzene rings is 1. The molecule has 0 aliphatic carbocycles. The van der Waals surface area contributed by atoms with Gasteiger partial charge < -0.3 is 15.0 Å². The van der Waals surface area contributed by atoms with Crippen LogP contribution in [0.1, 0.15) is 38.4 Å². The Bertz CT molecular complexity index is 561. The number of methoxy groups -OCH3 is 1. The van der Waals surface area contributed by atoms with Crippen LogP contribution in [0.15, 0.2) is 30.3 Å². The molecule has 108 valence electrons. The van der Waals surface area contributed by atoms with Gasteiger partial charge in [-0.25, -0.2) is 4.98 Å². The fraction of sp³-hybridized carbons (Fsp3) is 0.438. The van der Waals surface area contributed by atoms with Crippen molar-refractivity contribution in [2.45, 2.75) is 32.7 Å². The highest BCUT2D eigenvalue weighted by Gasteiger charge is 2.21. The first-order valence-corrected chi connectivity index (χ1v) is 6.98. The average molecular weight is 273 g/mol. The van der Waals surface area contributed by atoms with Gasteiger partial charge in [0.1, 0.15) is 11.6 Å². The van der Waals surface area contributed by atoms with E-state index in [9.17, 15) is 0 Å². The Balaban J connectivity index is 2.54. The van der Waals surface area contributed by atoms with Crippen molar-refractivity contribution in [2.24, 2.45) is 0 Å². The Labute approximate surface area is 120 Å². The maximum atomic E-state index is 6.32. The number of hydrogen-bond acceptors (Lipinski definition) is 3. The number of anilines is 1. The quantitative estimate of drug-likeness (QED) is 0.907. The fourth-order valence-electron chi connectivity index (χ4n) is 2.47. The van der Waals surface area contributed by atoms with Crippen LogP contribution in [-0.4, -0.2) is 23.3 Å². The van der Waals surface area contributed by atoms with Gasteiger partial charge in [0, 0.05) is 24.6 Å². The van der Waals surface area contributed by atoms with Gasteiger partial charge in [-0.15, -0.1) is 0 Å². The molecule has 1 aromatic heterocycles. The molecule has 1 heterocycles. The highest BCUT2D eigenvalue weighted by molar-refractivity contribution is 5.61. The van der Waals surface area contributed by atoms with Crippen LogP contribution in [0.5, 0.6) is 0 Å². The summed E-state index contributed by atoms with van der Waals surface area (Å²) in [7, 11) is 1.70. The molecule has 0 amide bonds. The van der Waals surface area contributed by atoms with Gasteiger partial charge in [-0.2, -0.15) is 0 Å². The molecule has 1 aromatic carbocycles. The molecule has 0 fully saturated rings. The number of aromatic nitrogens is 2. The Morgan fingerprint density at radius 3 is 2.40 bits per heavy atom. The van der Waals surface area contributed by atoms with Gasteiger partial charge in [0.2, 0.25) is 0 Å². The first-order chi connectivity index (χ1) is 9.56. The zero-order chi connectivity index (χ0) is 14.7. The molecule has 0 saturated carbocycles. The zero-order valence-corrected chi connectivity index (χ0v) is 12.6. The predicted octanol–water partition coefficient (Wildman–Crippen LogP) is 3.46. The van der Waals surface area contributed by atoms with E-state index in [4.69, 9.17) is 15.5 Å². The van der Waals surface area contributed by atoms with Crippen molar-refractivity contribution in [3.05, 3.63) is 36.0 Å². The highest BCUT2D eigenvalue weighted by atomic mass is 16.5. The number of nitrogens with zero attached hydrogens (tertiary/aromatic N) is 2. The first-order valence-electron chi connectivity index (χ1n) is 6.98. The molecule has 4 heteroatoms. The van der Waals surface area contributed by atoms with E-state index in [1.165, 1.54) is 0 Å². The SMILES string of the molecule is COCC(C)c1nc(-c2ccccc2)n(C(C)C)c1N. The molecule has 0 radical (unpaired) electrons. The molecule has 20 heavy (non-hydrogen) atoms. The highest BCUT2D eigenvalue weighted by Crippen LogP contribution is 2.31. The van der Waals surface area contributed by atoms with Crippen molar-refractivity contribution in [3.63, 3.8) is 0 Å². The summed E-state index contributed by atoms with van der Waals surface area (Å²) in [4.78, 5) is 4.78. The van der Waals surface area contributed by atoms with Gasteiger partial charge in [-0.05, 0) is 13.8 Å². The third-order valence-corrected chi connectivity index (χ3v) is 3.41. The average Bonchev–Trinajstić information content (AvgIpc) is 2.78. The number of hydrogen-bond donors (Lipinski definition) is 1. The third-order valence-electron chi connectivity index (χ3n) is 3.41. The van der Waals surface area contributed by atoms with Crippen LogP contribution >= 0.6 is 0 Å². The number of ether oxygens (including phenoxy) is 1. The van der Waals surface area contributed by atoms with Crippen LogP contribution < -0.4 is 5.73 Å². The molecule has 1 unspecified atom stereocenters. The van der Waals surface area contributed by atoms with Crippen LogP contribution in [0.3, 0.4) is 0 Å². The van der Waals surface area contributed by atoms with Gasteiger partial charge >= 0.3 is 0 Å². The van der Waals surface area contributed by atoms with E-state index in [-0.39, 0.29) is 12.0 Å². The number of nitrogens with two attached hydrogens (primary N) is 1. The summed E-state index contributed by atoms with van der Waals surface area (Å²) >= 11 is 0. The van der Waals surface area contributed by atoms with Gasteiger partial charge in [0.05, 0.1) is 12.3 Å². The molecule has 0 spiro atoms. The van der Waals surface area contributed by atoms with Crippen molar-refractivity contribution in [1.29, 1.82) is 0 Å². The smallest absolute Gasteiger partial charge is 0.142 e. The van der Waals surface area contributed by atoms with Crippen molar-refractivity contribution < 1.29 is 4.74 Å². The van der Waals surface area contributed by atoms with E-state index < -0.39 is 0 Å². The van der Waals surface area contributed by atoms with E-state index in [1.807, 2.05) is 18.2 Å². The summed E-state index contributed by atoms with van der Waals surface area (Å²) in [5.74, 6) is 1.85. The van der Waals surface area contributed by atoms with Crippen LogP contribution in [0.2, 0.25) is 0 Å². The van der Waals surface area contributed by atoms with Crippen molar-refractivity contribution in [1.82, 2.24) is 9.55 Å². The summed E-state index contributed by atoms with van der Waals surface area (Å²) in [5.41, 5.74) is 8.32. The van der Waals surface area contributed by atoms with E-state index in [1.54, 1.807) is 7.11 Å². The molecular formula is C16H23N3O. The van der Waals surface area contributed by atoms with Crippen molar-refractivity contribution in [3.8, 4) is 11.4 Å².